The number of aryl methyl sites for hydroxylation is 1. The number of hydrogen-bond acceptors (Lipinski definition) is 4. The predicted molar refractivity (Wildman–Crippen MR) is 91.4 cm³/mol. The number of hydrogen-bond donors (Lipinski definition) is 1. The highest BCUT2D eigenvalue weighted by molar-refractivity contribution is 5.70. The fraction of sp³-hybridized carbons (Fsp3) is 0.389. The SMILES string of the molecule is COC(=O)CCn1nc(-c2ccc(C(F)(F)F)cc2)c2c1CCN(C(=O)O)C2. The number of carbonyl (C=O) groups excluding carboxylic acids is 1. The summed E-state index contributed by atoms with van der Waals surface area (Å²) in [4.78, 5) is 24.0. The lowest BCUT2D eigenvalue weighted by molar-refractivity contribution is -0.141. The Morgan fingerprint density at radius 1 is 1.25 bits per heavy atom. The lowest BCUT2D eigenvalue weighted by Gasteiger charge is -2.25. The van der Waals surface area contributed by atoms with Crippen LogP contribution in [0.5, 0.6) is 0 Å². The van der Waals surface area contributed by atoms with Gasteiger partial charge in [-0.1, -0.05) is 12.1 Å². The zero-order valence-electron chi connectivity index (χ0n) is 15.0. The summed E-state index contributed by atoms with van der Waals surface area (Å²) in [6, 6.07) is 4.56. The van der Waals surface area contributed by atoms with E-state index < -0.39 is 23.8 Å². The normalized spacial score (nSPS) is 13.9. The zero-order chi connectivity index (χ0) is 20.5. The van der Waals surface area contributed by atoms with Gasteiger partial charge in [0.15, 0.2) is 0 Å². The Kier molecular flexibility index (Phi) is 5.30. The van der Waals surface area contributed by atoms with Gasteiger partial charge < -0.3 is 14.7 Å². The second kappa shape index (κ2) is 7.53. The van der Waals surface area contributed by atoms with E-state index in [1.54, 1.807) is 4.68 Å². The number of ether oxygens (including phenoxy) is 1. The summed E-state index contributed by atoms with van der Waals surface area (Å²) < 4.78 is 44.7. The zero-order valence-corrected chi connectivity index (χ0v) is 15.0. The molecular formula is C18H18F3N3O4. The van der Waals surface area contributed by atoms with E-state index in [2.05, 4.69) is 9.84 Å². The second-order valence-corrected chi connectivity index (χ2v) is 6.35. The van der Waals surface area contributed by atoms with Crippen LogP contribution in [0.2, 0.25) is 0 Å². The fourth-order valence-corrected chi connectivity index (χ4v) is 3.19. The number of carboxylic acid groups (broad SMARTS) is 1. The average molecular weight is 397 g/mol. The van der Waals surface area contributed by atoms with Crippen molar-refractivity contribution in [1.29, 1.82) is 0 Å². The molecule has 1 amide bonds. The van der Waals surface area contributed by atoms with Crippen molar-refractivity contribution >= 4 is 12.1 Å². The molecule has 3 rings (SSSR count). The van der Waals surface area contributed by atoms with Crippen LogP contribution in [0.25, 0.3) is 11.3 Å². The number of alkyl halides is 3. The molecule has 0 aliphatic carbocycles. The quantitative estimate of drug-likeness (QED) is 0.801. The van der Waals surface area contributed by atoms with Gasteiger partial charge in [-0.05, 0) is 12.1 Å². The highest BCUT2D eigenvalue weighted by Gasteiger charge is 2.31. The molecule has 2 heterocycles. The number of carbonyl (C=O) groups is 2. The van der Waals surface area contributed by atoms with Crippen molar-refractivity contribution in [2.24, 2.45) is 0 Å². The first-order valence-electron chi connectivity index (χ1n) is 8.51. The highest BCUT2D eigenvalue weighted by atomic mass is 19.4. The molecular weight excluding hydrogens is 379 g/mol. The number of aromatic nitrogens is 2. The number of fused-ring (bicyclic) bond motifs is 1. The van der Waals surface area contributed by atoms with Crippen molar-refractivity contribution in [3.05, 3.63) is 41.1 Å². The maximum Gasteiger partial charge on any atom is 0.416 e. The number of nitrogens with zero attached hydrogens (tertiary/aromatic N) is 3. The van der Waals surface area contributed by atoms with Crippen molar-refractivity contribution in [3.63, 3.8) is 0 Å². The van der Waals surface area contributed by atoms with Crippen molar-refractivity contribution in [2.45, 2.75) is 32.1 Å². The van der Waals surface area contributed by atoms with E-state index >= 15 is 0 Å². The molecule has 7 nitrogen and oxygen atoms in total. The molecule has 0 fully saturated rings. The molecule has 1 aliphatic rings. The number of esters is 1. The molecule has 0 radical (unpaired) electrons. The third-order valence-corrected chi connectivity index (χ3v) is 4.65. The molecule has 0 saturated carbocycles. The Balaban J connectivity index is 1.99. The van der Waals surface area contributed by atoms with Gasteiger partial charge in [0.1, 0.15) is 0 Å². The largest absolute Gasteiger partial charge is 0.469 e. The number of methoxy groups -OCH3 is 1. The second-order valence-electron chi connectivity index (χ2n) is 6.35. The van der Waals surface area contributed by atoms with Crippen LogP contribution < -0.4 is 0 Å². The summed E-state index contributed by atoms with van der Waals surface area (Å²) in [5.74, 6) is -0.414. The van der Waals surface area contributed by atoms with Crippen molar-refractivity contribution in [2.75, 3.05) is 13.7 Å². The molecule has 0 unspecified atom stereocenters. The van der Waals surface area contributed by atoms with Gasteiger partial charge in [-0.3, -0.25) is 9.48 Å². The Morgan fingerprint density at radius 2 is 1.93 bits per heavy atom. The van der Waals surface area contributed by atoms with Crippen LogP contribution >= 0.6 is 0 Å². The summed E-state index contributed by atoms with van der Waals surface area (Å²) in [5.41, 5.74) is 1.50. The summed E-state index contributed by atoms with van der Waals surface area (Å²) in [5, 5.41) is 13.7. The number of halogens is 3. The lowest BCUT2D eigenvalue weighted by Crippen LogP contribution is -2.35. The van der Waals surface area contributed by atoms with Crippen LogP contribution in [-0.4, -0.2) is 45.5 Å². The van der Waals surface area contributed by atoms with Gasteiger partial charge in [0.05, 0.1) is 37.9 Å². The summed E-state index contributed by atoms with van der Waals surface area (Å²) >= 11 is 0. The van der Waals surface area contributed by atoms with E-state index in [1.807, 2.05) is 0 Å². The molecule has 10 heteroatoms. The van der Waals surface area contributed by atoms with Gasteiger partial charge in [-0.25, -0.2) is 4.79 Å². The molecule has 1 aliphatic heterocycles. The third-order valence-electron chi connectivity index (χ3n) is 4.65. The van der Waals surface area contributed by atoms with Crippen molar-refractivity contribution in [3.8, 4) is 11.3 Å². The molecule has 28 heavy (non-hydrogen) atoms. The molecule has 150 valence electrons. The number of amides is 1. The Bertz CT molecular complexity index is 891. The molecule has 1 N–H and O–H groups in total. The lowest BCUT2D eigenvalue weighted by atomic mass is 10.00. The molecule has 2 aromatic rings. The van der Waals surface area contributed by atoms with Crippen LogP contribution in [0.3, 0.4) is 0 Å². The Labute approximate surface area is 158 Å². The average Bonchev–Trinajstić information content (AvgIpc) is 3.03. The van der Waals surface area contributed by atoms with Crippen molar-refractivity contribution in [1.82, 2.24) is 14.7 Å². The van der Waals surface area contributed by atoms with Crippen LogP contribution in [0.15, 0.2) is 24.3 Å². The number of rotatable bonds is 4. The first kappa shape index (κ1) is 19.7. The monoisotopic (exact) mass is 397 g/mol. The Hall–Kier alpha value is -3.04. The number of benzene rings is 1. The van der Waals surface area contributed by atoms with Gasteiger partial charge in [-0.15, -0.1) is 0 Å². The van der Waals surface area contributed by atoms with Gasteiger partial charge in [0.25, 0.3) is 0 Å². The predicted octanol–water partition coefficient (Wildman–Crippen LogP) is 3.17. The third kappa shape index (κ3) is 3.95. The smallest absolute Gasteiger partial charge is 0.416 e. The van der Waals surface area contributed by atoms with E-state index in [0.717, 1.165) is 17.8 Å². The minimum Gasteiger partial charge on any atom is -0.469 e. The first-order chi connectivity index (χ1) is 13.2. The van der Waals surface area contributed by atoms with Crippen LogP contribution in [-0.2, 0) is 35.2 Å². The Morgan fingerprint density at radius 3 is 2.50 bits per heavy atom. The van der Waals surface area contributed by atoms with Crippen LogP contribution in [0.1, 0.15) is 23.2 Å². The standard InChI is InChI=1S/C18H18F3N3O4/c1-28-15(25)7-9-24-14-6-8-23(17(26)27)10-13(14)16(22-24)11-2-4-12(5-3-11)18(19,20)21/h2-5H,6-10H2,1H3,(H,26,27). The van der Waals surface area contributed by atoms with E-state index in [4.69, 9.17) is 0 Å². The maximum atomic E-state index is 12.8. The molecule has 0 spiro atoms. The minimum absolute atomic E-state index is 0.0826. The van der Waals surface area contributed by atoms with Gasteiger partial charge in [0.2, 0.25) is 0 Å². The van der Waals surface area contributed by atoms with Crippen LogP contribution in [0.4, 0.5) is 18.0 Å². The van der Waals surface area contributed by atoms with Gasteiger partial charge in [0, 0.05) is 29.8 Å². The highest BCUT2D eigenvalue weighted by Crippen LogP contribution is 2.34. The molecule has 0 atom stereocenters. The topological polar surface area (TPSA) is 84.7 Å². The molecule has 0 saturated heterocycles. The van der Waals surface area contributed by atoms with Gasteiger partial charge >= 0.3 is 18.2 Å². The molecule has 1 aromatic heterocycles. The van der Waals surface area contributed by atoms with E-state index in [1.165, 1.54) is 24.1 Å². The summed E-state index contributed by atoms with van der Waals surface area (Å²) in [7, 11) is 1.28. The summed E-state index contributed by atoms with van der Waals surface area (Å²) in [6.45, 7) is 0.598. The van der Waals surface area contributed by atoms with E-state index in [-0.39, 0.29) is 26.1 Å². The van der Waals surface area contributed by atoms with Gasteiger partial charge in [-0.2, -0.15) is 18.3 Å². The first-order valence-corrected chi connectivity index (χ1v) is 8.51. The van der Waals surface area contributed by atoms with E-state index in [0.29, 0.717) is 23.2 Å². The minimum atomic E-state index is -4.45. The van der Waals surface area contributed by atoms with Crippen LogP contribution in [0, 0.1) is 0 Å². The van der Waals surface area contributed by atoms with Crippen molar-refractivity contribution < 1.29 is 32.6 Å². The summed E-state index contributed by atoms with van der Waals surface area (Å²) in [6.07, 6.45) is -5.04. The molecule has 1 aromatic carbocycles. The maximum absolute atomic E-state index is 12.8. The molecule has 0 bridgehead atoms. The fourth-order valence-electron chi connectivity index (χ4n) is 3.19. The van der Waals surface area contributed by atoms with E-state index in [9.17, 15) is 27.9 Å².